The lowest BCUT2D eigenvalue weighted by atomic mass is 9.99. The maximum absolute atomic E-state index is 13.1. The highest BCUT2D eigenvalue weighted by molar-refractivity contribution is 8.11. The van der Waals surface area contributed by atoms with Gasteiger partial charge in [-0.25, -0.2) is 0 Å². The minimum Gasteiger partial charge on any atom is -0.497 e. The van der Waals surface area contributed by atoms with Gasteiger partial charge in [-0.2, -0.15) is 0 Å². The van der Waals surface area contributed by atoms with Crippen LogP contribution >= 0.6 is 234 Å². The van der Waals surface area contributed by atoms with Gasteiger partial charge in [0.2, 0.25) is 69.4 Å². The van der Waals surface area contributed by atoms with E-state index in [2.05, 4.69) is 0 Å². The molecule has 0 atom stereocenters. The molecule has 0 radical (unpaired) electrons. The average molecular weight is 2330 g/mol. The summed E-state index contributed by atoms with van der Waals surface area (Å²) < 4.78 is 16.2. The van der Waals surface area contributed by atoms with E-state index in [1.54, 1.807) is 116 Å². The third-order valence-corrected chi connectivity index (χ3v) is 42.3. The number of aryl methyl sites for hydroxylation is 6. The number of methoxy groups -OCH3 is 1. The van der Waals surface area contributed by atoms with Crippen LogP contribution in [-0.2, 0) is 0 Å². The van der Waals surface area contributed by atoms with Crippen LogP contribution in [0.2, 0.25) is 40.2 Å². The number of carbonyl (C=O) groups is 12. The van der Waals surface area contributed by atoms with Crippen molar-refractivity contribution in [2.45, 2.75) is 128 Å². The van der Waals surface area contributed by atoms with Gasteiger partial charge in [-0.15, -0.1) is 0 Å². The topological polar surface area (TPSA) is 233 Å². The summed E-state index contributed by atoms with van der Waals surface area (Å²) in [6, 6.07) is 56.3. The molecular weight excluding hydrogens is 2270 g/mol. The summed E-state index contributed by atoms with van der Waals surface area (Å²) in [7, 11) is 1.59. The predicted molar refractivity (Wildman–Crippen MR) is 606 cm³/mol. The van der Waals surface area contributed by atoms with Crippen molar-refractivity contribution >= 4 is 314 Å². The van der Waals surface area contributed by atoms with Crippen LogP contribution in [0.4, 0.5) is 0 Å². The third kappa shape index (κ3) is 19.3. The Labute approximate surface area is 939 Å². The van der Waals surface area contributed by atoms with Crippen LogP contribution in [0, 0.1) is 55.4 Å². The molecule has 0 saturated carbocycles. The molecule has 0 spiro atoms. The van der Waals surface area contributed by atoms with Gasteiger partial charge in [0.15, 0.2) is 0 Å². The van der Waals surface area contributed by atoms with E-state index in [0.717, 1.165) is 126 Å². The van der Waals surface area contributed by atoms with Crippen LogP contribution in [0.25, 0.3) is 10.8 Å². The third-order valence-electron chi connectivity index (χ3n) is 24.9. The molecule has 13 aromatic carbocycles. The summed E-state index contributed by atoms with van der Waals surface area (Å²) >= 11 is 65.5. The molecule has 0 unspecified atom stereocenters. The molecule has 738 valence electrons. The van der Waals surface area contributed by atoms with Crippen molar-refractivity contribution in [2.24, 2.45) is 0 Å². The SMILES string of the molecule is CCOc1ccc2c(c1)S/C(=C1/Sc3cc(OCC)ccc3C1=O)C2=O.COc1ccc2c(c1)S/C(=C1/Sc3cc(Cl)cc(C)c3C1=O)C2=O.Cc1cc(Cl)c(C)c2c1S/C(=C1/Sc3c(C)cc(Cl)c(C)c3C1=O)C2=O.Cc1cc(Cl)cc2c1C(=O)/C(=C1\Sc3cc(Cl)cc(C)c3C1=O)S2.Cc1cc(Cl)cc2c1C(=O)/C(=C1\Sc3cc(Cl)ccc3C1=O)S2.O=C1/C(=C2\Sc3c(cc4ccccc4c3Cl)C2=O)Sc2ccccc21. The van der Waals surface area contributed by atoms with Gasteiger partial charge < -0.3 is 14.2 Å². The van der Waals surface area contributed by atoms with Gasteiger partial charge in [0, 0.05) is 166 Å². The number of carbonyl (C=O) groups excluding carboxylic acids is 12. The Morgan fingerprint density at radius 2 is 0.507 bits per heavy atom. The lowest BCUT2D eigenvalue weighted by Crippen LogP contribution is -2.05. The fourth-order valence-electron chi connectivity index (χ4n) is 17.9. The van der Waals surface area contributed by atoms with Gasteiger partial charge in [0.05, 0.1) is 84.2 Å². The van der Waals surface area contributed by atoms with Crippen LogP contribution < -0.4 is 14.2 Å². The molecule has 12 aliphatic rings. The first-order valence-electron chi connectivity index (χ1n) is 45.1. The van der Waals surface area contributed by atoms with E-state index in [4.69, 9.17) is 107 Å². The molecule has 25 rings (SSSR count). The highest BCUT2D eigenvalue weighted by Gasteiger charge is 2.46. The van der Waals surface area contributed by atoms with Crippen molar-refractivity contribution in [1.82, 2.24) is 0 Å². The highest BCUT2D eigenvalue weighted by atomic mass is 35.5. The zero-order valence-corrected chi connectivity index (χ0v) is 94.7. The zero-order valence-electron chi connectivity index (χ0n) is 78.9. The van der Waals surface area contributed by atoms with Crippen molar-refractivity contribution < 1.29 is 71.7 Å². The number of ether oxygens (including phenoxy) is 3. The first-order chi connectivity index (χ1) is 70.8. The van der Waals surface area contributed by atoms with Crippen molar-refractivity contribution in [1.29, 1.82) is 0 Å². The summed E-state index contributed by atoms with van der Waals surface area (Å²) in [5.41, 5.74) is 14.3. The summed E-state index contributed by atoms with van der Waals surface area (Å²) in [5, 5.41) is 6.53. The second-order valence-corrected chi connectivity index (χ2v) is 50.4. The first-order valence-corrected chi connectivity index (χ1v) is 57.9. The Bertz CT molecular complexity index is 8400. The molecule has 12 heterocycles. The molecule has 12 aliphatic heterocycles. The van der Waals surface area contributed by atoms with Crippen molar-refractivity contribution in [3.63, 3.8) is 0 Å². The second-order valence-electron chi connectivity index (χ2n) is 34.5. The molecule has 15 nitrogen and oxygen atoms in total. The number of rotatable bonds is 5. The molecule has 0 amide bonds. The zero-order chi connectivity index (χ0) is 105. The summed E-state index contributed by atoms with van der Waals surface area (Å²) in [5.74, 6) is 0.916. The Morgan fingerprint density at radius 3 is 0.878 bits per heavy atom. The van der Waals surface area contributed by atoms with Crippen LogP contribution in [0.3, 0.4) is 0 Å². The Balaban J connectivity index is 0.000000108. The van der Waals surface area contributed by atoms with Gasteiger partial charge >= 0.3 is 0 Å². The van der Waals surface area contributed by atoms with Gasteiger partial charge in [-0.3, -0.25) is 57.5 Å². The molecule has 0 fully saturated rings. The lowest BCUT2D eigenvalue weighted by molar-refractivity contribution is 0.101. The van der Waals surface area contributed by atoms with Crippen LogP contribution in [0.5, 0.6) is 17.2 Å². The predicted octanol–water partition coefficient (Wildman–Crippen LogP) is 34.7. The lowest BCUT2D eigenvalue weighted by Gasteiger charge is -2.06. The Hall–Kier alpha value is -9.48. The standard InChI is InChI=1S/C20H14Cl2O2S2.C20H9ClO2S2.C20H16O4S2.C18H10Cl2O2S2.C18H11ClO3S2.C17H8Cl2O2S2/c1-7-5-11(21)9(3)13-15(23)19(25-17(7)13)20-16(24)14-10(4)12(22)6-8(2)18(14)26-20;21-15-11-6-2-1-5-10(11)9-13-17(23)20(25-18(13)15)19-16(22)12-7-3-4-8-14(12)24-19;1-3-23-11-5-7-13-15(9-11)25-19(17(13)21)20-18(22)14-8-6-12(24-4-2)10-16(14)26-20;1-7-3-9(19)5-11-13(7)15(21)17(23-11)18-16(22)14-8(2)4-10(20)6-12(14)24-18;1-8-5-9(19)6-13-14(8)16(21)18(24-13)17-15(20)11-4-3-10(22-2)7-12(11)23-17;1-7-4-9(19)6-12-13(7)15(21)17(23-12)16-14(20)10-3-2-8(18)5-11(10)22-16/h5-6H,1-4H3;1-9H;5-10H,3-4H2,1-2H3;3-6H,1-2H3;3-7H,1-2H3;2-6H,1H3/b3*20-19+;2*18-17+;17-16+. The first kappa shape index (κ1) is 106. The van der Waals surface area contributed by atoms with E-state index in [9.17, 15) is 57.5 Å². The summed E-state index contributed by atoms with van der Waals surface area (Å²) in [4.78, 5) is 170. The van der Waals surface area contributed by atoms with E-state index in [1.807, 2.05) is 148 Å². The maximum Gasteiger partial charge on any atom is 0.202 e. The molecule has 13 aromatic rings. The smallest absolute Gasteiger partial charge is 0.202 e. The maximum atomic E-state index is 13.1. The van der Waals surface area contributed by atoms with Gasteiger partial charge in [0.1, 0.15) is 17.2 Å². The van der Waals surface area contributed by atoms with Crippen molar-refractivity contribution in [3.8, 4) is 17.2 Å². The monoisotopic (exact) mass is 2330 g/mol. The highest BCUT2D eigenvalue weighted by Crippen LogP contribution is 2.61. The van der Waals surface area contributed by atoms with Gasteiger partial charge in [-0.05, 0) is 271 Å². The Kier molecular flexibility index (Phi) is 30.3. The molecule has 0 saturated heterocycles. The molecule has 0 aromatic heterocycles. The van der Waals surface area contributed by atoms with Crippen LogP contribution in [-0.4, -0.2) is 89.7 Å². The quantitative estimate of drug-likeness (QED) is 0.146. The minimum atomic E-state index is -0.117. The normalized spacial score (nSPS) is 18.7. The fourth-order valence-corrected chi connectivity index (χ4v) is 35.1. The van der Waals surface area contributed by atoms with E-state index < -0.39 is 0 Å². The molecule has 0 N–H and O–H groups in total. The van der Waals surface area contributed by atoms with Gasteiger partial charge in [0.25, 0.3) is 0 Å². The van der Waals surface area contributed by atoms with E-state index in [-0.39, 0.29) is 69.4 Å². The number of ketones is 12. The number of hydrogen-bond acceptors (Lipinski definition) is 27. The summed E-state index contributed by atoms with van der Waals surface area (Å²) in [6.07, 6.45) is 0. The number of Topliss-reactive ketones (excluding diaryl/α,β-unsaturated/α-hetero) is 12. The van der Waals surface area contributed by atoms with Crippen molar-refractivity contribution in [3.05, 3.63) is 398 Å². The van der Waals surface area contributed by atoms with E-state index in [0.29, 0.717) is 185 Å². The Morgan fingerprint density at radius 1 is 0.230 bits per heavy atom. The van der Waals surface area contributed by atoms with E-state index >= 15 is 0 Å². The number of fused-ring (bicyclic) bond motifs is 13. The van der Waals surface area contributed by atoms with E-state index in [1.165, 1.54) is 141 Å². The average Bonchev–Trinajstić information content (AvgIpc) is 2.16. The number of halogens is 8. The second kappa shape index (κ2) is 42.5. The molecule has 0 bridgehead atoms. The summed E-state index contributed by atoms with van der Waals surface area (Å²) in [6.45, 7) is 20.0. The van der Waals surface area contributed by atoms with Crippen molar-refractivity contribution in [2.75, 3.05) is 20.3 Å². The number of thioether (sulfide) groups is 12. The molecule has 35 heteroatoms. The van der Waals surface area contributed by atoms with Crippen LogP contribution in [0.1, 0.15) is 183 Å². The largest absolute Gasteiger partial charge is 0.497 e. The number of benzene rings is 13. The van der Waals surface area contributed by atoms with Gasteiger partial charge in [-0.1, -0.05) is 270 Å². The number of hydrogen-bond donors (Lipinski definition) is 0. The fraction of sp³-hybridized carbons (Fsp3) is 0.115. The molecule has 148 heavy (non-hydrogen) atoms. The molecular formula is C113H68Cl8O15S12. The number of allylic oxidation sites excluding steroid dienone is 12. The molecule has 0 aliphatic carbocycles. The minimum absolute atomic E-state index is 0.0788. The van der Waals surface area contributed by atoms with Crippen LogP contribution in [0.15, 0.2) is 306 Å².